The molecule has 5 nitrogen and oxygen atoms in total. The van der Waals surface area contributed by atoms with Gasteiger partial charge in [0.1, 0.15) is 17.8 Å². The molecule has 0 N–H and O–H groups in total. The highest BCUT2D eigenvalue weighted by atomic mass is 32.1. The molecule has 2 heterocycles. The molecule has 1 aromatic carbocycles. The van der Waals surface area contributed by atoms with Crippen LogP contribution in [-0.4, -0.2) is 26.8 Å². The molecule has 0 amide bonds. The van der Waals surface area contributed by atoms with Crippen LogP contribution in [0.25, 0.3) is 0 Å². The molecule has 0 spiro atoms. The third-order valence-electron chi connectivity index (χ3n) is 6.13. The van der Waals surface area contributed by atoms with Gasteiger partial charge in [-0.2, -0.15) is 0 Å². The molecule has 0 aliphatic heterocycles. The largest absolute Gasteiger partial charge is 0.459 e. The van der Waals surface area contributed by atoms with Crippen molar-refractivity contribution in [2.45, 2.75) is 69.4 Å². The molecule has 2 aliphatic rings. The summed E-state index contributed by atoms with van der Waals surface area (Å²) in [7, 11) is 0. The smallest absolute Gasteiger partial charge is 0.338 e. The van der Waals surface area contributed by atoms with E-state index in [2.05, 4.69) is 47.9 Å². The zero-order chi connectivity index (χ0) is 20.9. The second-order valence-electron chi connectivity index (χ2n) is 9.56. The summed E-state index contributed by atoms with van der Waals surface area (Å²) in [6.45, 7) is 6.59. The molecular weight excluding hydrogens is 394 g/mol. The molecule has 156 valence electrons. The van der Waals surface area contributed by atoms with E-state index in [1.807, 2.05) is 18.2 Å². The van der Waals surface area contributed by atoms with Crippen LogP contribution >= 0.6 is 11.3 Å². The van der Waals surface area contributed by atoms with Gasteiger partial charge in [0.15, 0.2) is 0 Å². The van der Waals surface area contributed by atoms with E-state index in [1.54, 1.807) is 23.5 Å². The van der Waals surface area contributed by atoms with E-state index in [9.17, 15) is 4.79 Å². The monoisotopic (exact) mass is 421 g/mol. The maximum absolute atomic E-state index is 12.5. The number of rotatable bonds is 5. The van der Waals surface area contributed by atoms with Gasteiger partial charge >= 0.3 is 5.97 Å². The van der Waals surface area contributed by atoms with Gasteiger partial charge in [-0.1, -0.05) is 45.0 Å². The molecule has 5 rings (SSSR count). The zero-order valence-electron chi connectivity index (χ0n) is 17.7. The molecule has 6 heteroatoms. The first-order valence-electron chi connectivity index (χ1n) is 10.6. The van der Waals surface area contributed by atoms with Crippen molar-refractivity contribution in [1.82, 2.24) is 14.8 Å². The van der Waals surface area contributed by atoms with Crippen LogP contribution in [-0.2, 0) is 15.6 Å². The Balaban J connectivity index is 1.46. The molecule has 0 radical (unpaired) electrons. The van der Waals surface area contributed by atoms with Gasteiger partial charge in [0.2, 0.25) is 0 Å². The van der Waals surface area contributed by atoms with Gasteiger partial charge in [-0.05, 0) is 36.4 Å². The molecule has 30 heavy (non-hydrogen) atoms. The first-order chi connectivity index (χ1) is 14.4. The summed E-state index contributed by atoms with van der Waals surface area (Å²) in [5, 5.41) is 11.5. The summed E-state index contributed by atoms with van der Waals surface area (Å²) in [5.74, 6) is 1.85. The highest BCUT2D eigenvalue weighted by Gasteiger charge is 2.54. The number of carbonyl (C=O) groups is 1. The molecule has 0 saturated heterocycles. The van der Waals surface area contributed by atoms with Crippen molar-refractivity contribution in [2.75, 3.05) is 0 Å². The van der Waals surface area contributed by atoms with Crippen molar-refractivity contribution < 1.29 is 9.53 Å². The average molecular weight is 422 g/mol. The summed E-state index contributed by atoms with van der Waals surface area (Å²) in [5.41, 5.74) is 0.310. The lowest BCUT2D eigenvalue weighted by atomic mass is 9.65. The molecule has 0 atom stereocenters. The average Bonchev–Trinajstić information content (AvgIpc) is 3.19. The van der Waals surface area contributed by atoms with Crippen LogP contribution in [0.1, 0.15) is 79.4 Å². The predicted molar refractivity (Wildman–Crippen MR) is 117 cm³/mol. The molecule has 0 bridgehead atoms. The van der Waals surface area contributed by atoms with Gasteiger partial charge < -0.3 is 9.30 Å². The minimum absolute atomic E-state index is 0.0621. The number of ether oxygens (including phenoxy) is 1. The number of esters is 1. The van der Waals surface area contributed by atoms with E-state index < -0.39 is 0 Å². The van der Waals surface area contributed by atoms with Crippen molar-refractivity contribution in [3.8, 4) is 0 Å². The fourth-order valence-corrected chi connectivity index (χ4v) is 5.39. The van der Waals surface area contributed by atoms with Gasteiger partial charge in [-0.25, -0.2) is 4.79 Å². The maximum atomic E-state index is 12.5. The third kappa shape index (κ3) is 3.27. The van der Waals surface area contributed by atoms with Gasteiger partial charge in [0.25, 0.3) is 0 Å². The molecule has 2 saturated carbocycles. The number of aromatic nitrogens is 3. The zero-order valence-corrected chi connectivity index (χ0v) is 18.5. The molecular formula is C24H27N3O2S. The topological polar surface area (TPSA) is 57.0 Å². The molecule has 3 aromatic rings. The minimum atomic E-state index is -0.251. The van der Waals surface area contributed by atoms with Crippen LogP contribution in [0.3, 0.4) is 0 Å². The Kier molecular flexibility index (Phi) is 4.58. The Morgan fingerprint density at radius 1 is 1.10 bits per heavy atom. The SMILES string of the molecule is CC(C)(C)c1nnc(C2(c3cccs3)CC(OC(=O)c3ccccc3)C2)n1C1CC1. The molecule has 0 unspecified atom stereocenters. The Morgan fingerprint density at radius 3 is 2.43 bits per heavy atom. The lowest BCUT2D eigenvalue weighted by Crippen LogP contribution is -2.49. The fraction of sp³-hybridized carbons (Fsp3) is 0.458. The first-order valence-corrected chi connectivity index (χ1v) is 11.5. The molecule has 2 aliphatic carbocycles. The highest BCUT2D eigenvalue weighted by molar-refractivity contribution is 7.10. The lowest BCUT2D eigenvalue weighted by molar-refractivity contribution is -0.0153. The van der Waals surface area contributed by atoms with Crippen molar-refractivity contribution in [2.24, 2.45) is 0 Å². The Morgan fingerprint density at radius 2 is 1.83 bits per heavy atom. The van der Waals surface area contributed by atoms with Crippen molar-refractivity contribution in [3.05, 3.63) is 69.9 Å². The Hall–Kier alpha value is -2.47. The number of hydrogen-bond donors (Lipinski definition) is 0. The third-order valence-corrected chi connectivity index (χ3v) is 7.21. The lowest BCUT2D eigenvalue weighted by Gasteiger charge is -2.45. The van der Waals surface area contributed by atoms with E-state index in [4.69, 9.17) is 9.84 Å². The van der Waals surface area contributed by atoms with Crippen LogP contribution in [0, 0.1) is 0 Å². The van der Waals surface area contributed by atoms with Crippen molar-refractivity contribution in [1.29, 1.82) is 0 Å². The van der Waals surface area contributed by atoms with E-state index >= 15 is 0 Å². The second kappa shape index (κ2) is 7.05. The van der Waals surface area contributed by atoms with Crippen molar-refractivity contribution >= 4 is 17.3 Å². The van der Waals surface area contributed by atoms with Crippen LogP contribution in [0.15, 0.2) is 47.8 Å². The fourth-order valence-electron chi connectivity index (χ4n) is 4.45. The molecule has 2 aromatic heterocycles. The number of hydrogen-bond acceptors (Lipinski definition) is 5. The van der Waals surface area contributed by atoms with Gasteiger partial charge in [-0.15, -0.1) is 21.5 Å². The standard InChI is InChI=1S/C24H27N3O2S/c1-23(2,3)21-25-26-22(27(21)17-11-12-17)24(19-10-7-13-30-19)14-18(15-24)29-20(28)16-8-5-4-6-9-16/h4-10,13,17-18H,11-12,14-15H2,1-3H3. The normalized spacial score (nSPS) is 23.8. The van der Waals surface area contributed by atoms with Crippen molar-refractivity contribution in [3.63, 3.8) is 0 Å². The first kappa shape index (κ1) is 19.5. The van der Waals surface area contributed by atoms with Gasteiger partial charge in [-0.3, -0.25) is 0 Å². The predicted octanol–water partition coefficient (Wildman–Crippen LogP) is 5.28. The van der Waals surface area contributed by atoms with E-state index in [-0.39, 0.29) is 22.9 Å². The molecule has 2 fully saturated rings. The number of thiophene rings is 1. The Labute approximate surface area is 181 Å². The summed E-state index contributed by atoms with van der Waals surface area (Å²) in [4.78, 5) is 13.8. The van der Waals surface area contributed by atoms with Crippen LogP contribution in [0.2, 0.25) is 0 Å². The summed E-state index contributed by atoms with van der Waals surface area (Å²) in [6, 6.07) is 14.0. The van der Waals surface area contributed by atoms with E-state index in [0.717, 1.165) is 24.5 Å². The van der Waals surface area contributed by atoms with E-state index in [1.165, 1.54) is 17.7 Å². The van der Waals surface area contributed by atoms with Crippen LogP contribution < -0.4 is 0 Å². The van der Waals surface area contributed by atoms with Crippen LogP contribution in [0.4, 0.5) is 0 Å². The number of benzene rings is 1. The highest BCUT2D eigenvalue weighted by Crippen LogP contribution is 2.53. The summed E-state index contributed by atoms with van der Waals surface area (Å²) >= 11 is 1.75. The second-order valence-corrected chi connectivity index (χ2v) is 10.5. The van der Waals surface area contributed by atoms with Crippen LogP contribution in [0.5, 0.6) is 0 Å². The van der Waals surface area contributed by atoms with Gasteiger partial charge in [0, 0.05) is 29.2 Å². The summed E-state index contributed by atoms with van der Waals surface area (Å²) in [6.07, 6.45) is 3.76. The summed E-state index contributed by atoms with van der Waals surface area (Å²) < 4.78 is 8.24. The minimum Gasteiger partial charge on any atom is -0.459 e. The van der Waals surface area contributed by atoms with Gasteiger partial charge in [0.05, 0.1) is 11.0 Å². The Bertz CT molecular complexity index is 1040. The van der Waals surface area contributed by atoms with E-state index in [0.29, 0.717) is 11.6 Å². The number of nitrogens with zero attached hydrogens (tertiary/aromatic N) is 3. The quantitative estimate of drug-likeness (QED) is 0.526. The maximum Gasteiger partial charge on any atom is 0.338 e. The number of carbonyl (C=O) groups excluding carboxylic acids is 1.